The molecule has 0 aromatic heterocycles. The summed E-state index contributed by atoms with van der Waals surface area (Å²) in [4.78, 5) is 11.1. The minimum Gasteiger partial charge on any atom is -0.396 e. The molecule has 0 spiro atoms. The minimum atomic E-state index is -1.63. The summed E-state index contributed by atoms with van der Waals surface area (Å²) in [5, 5.41) is 27.7. The second-order valence-electron chi connectivity index (χ2n) is 3.93. The van der Waals surface area contributed by atoms with Gasteiger partial charge in [-0.25, -0.2) is 8.78 Å². The maximum atomic E-state index is 13.5. The van der Waals surface area contributed by atoms with Crippen molar-refractivity contribution >= 4 is 5.78 Å². The lowest BCUT2D eigenvalue weighted by molar-refractivity contribution is 0.00227. The first-order valence-corrected chi connectivity index (χ1v) is 5.35. The quantitative estimate of drug-likeness (QED) is 0.689. The van der Waals surface area contributed by atoms with E-state index in [1.807, 2.05) is 0 Å². The first-order chi connectivity index (χ1) is 8.38. The fourth-order valence-corrected chi connectivity index (χ4v) is 1.56. The molecule has 0 saturated heterocycles. The Bertz CT molecular complexity index is 448. The van der Waals surface area contributed by atoms with E-state index in [2.05, 4.69) is 0 Å². The predicted molar refractivity (Wildman–Crippen MR) is 59.0 cm³/mol. The molecule has 2 atom stereocenters. The molecule has 18 heavy (non-hydrogen) atoms. The van der Waals surface area contributed by atoms with Crippen molar-refractivity contribution in [3.63, 3.8) is 0 Å². The van der Waals surface area contributed by atoms with Gasteiger partial charge in [-0.15, -0.1) is 0 Å². The number of aliphatic hydroxyl groups is 3. The number of carbonyl (C=O) groups is 1. The molecule has 100 valence electrons. The average Bonchev–Trinajstić information content (AvgIpc) is 2.28. The summed E-state index contributed by atoms with van der Waals surface area (Å²) in [5.74, 6) is -2.69. The van der Waals surface area contributed by atoms with E-state index in [9.17, 15) is 23.8 Å². The Morgan fingerprint density at radius 1 is 1.28 bits per heavy atom. The Balaban J connectivity index is 3.15. The number of aliphatic hydroxyl groups excluding tert-OH is 3. The molecule has 1 aromatic carbocycles. The maximum absolute atomic E-state index is 13.5. The van der Waals surface area contributed by atoms with E-state index in [1.165, 1.54) is 0 Å². The Morgan fingerprint density at radius 3 is 2.39 bits per heavy atom. The number of hydrogen-bond acceptors (Lipinski definition) is 4. The van der Waals surface area contributed by atoms with E-state index in [4.69, 9.17) is 5.11 Å². The average molecular weight is 260 g/mol. The van der Waals surface area contributed by atoms with E-state index in [1.54, 1.807) is 0 Å². The van der Waals surface area contributed by atoms with Gasteiger partial charge < -0.3 is 15.3 Å². The summed E-state index contributed by atoms with van der Waals surface area (Å²) < 4.78 is 26.7. The lowest BCUT2D eigenvalue weighted by Crippen LogP contribution is -2.21. The van der Waals surface area contributed by atoms with Crippen molar-refractivity contribution in [2.45, 2.75) is 25.6 Å². The summed E-state index contributed by atoms with van der Waals surface area (Å²) in [6, 6.07) is 1.36. The SMILES string of the molecule is CC(=O)c1cc(C(O)C(O)CCO)c(F)cc1F. The van der Waals surface area contributed by atoms with Crippen LogP contribution in [0.5, 0.6) is 0 Å². The maximum Gasteiger partial charge on any atom is 0.162 e. The van der Waals surface area contributed by atoms with Gasteiger partial charge in [-0.05, 0) is 19.4 Å². The van der Waals surface area contributed by atoms with Crippen LogP contribution in [0.1, 0.15) is 35.4 Å². The van der Waals surface area contributed by atoms with E-state index in [0.717, 1.165) is 13.0 Å². The normalized spacial score (nSPS) is 14.3. The van der Waals surface area contributed by atoms with E-state index in [0.29, 0.717) is 6.07 Å². The highest BCUT2D eigenvalue weighted by Crippen LogP contribution is 2.25. The third kappa shape index (κ3) is 3.10. The summed E-state index contributed by atoms with van der Waals surface area (Å²) in [6.07, 6.45) is -3.18. The molecule has 0 heterocycles. The van der Waals surface area contributed by atoms with Gasteiger partial charge in [0.2, 0.25) is 0 Å². The second kappa shape index (κ2) is 5.99. The molecular weight excluding hydrogens is 246 g/mol. The number of hydrogen-bond donors (Lipinski definition) is 3. The van der Waals surface area contributed by atoms with Crippen LogP contribution in [0.4, 0.5) is 8.78 Å². The van der Waals surface area contributed by atoms with Gasteiger partial charge in [-0.1, -0.05) is 0 Å². The Hall–Kier alpha value is -1.37. The summed E-state index contributed by atoms with van der Waals surface area (Å²) in [6.45, 7) is 0.719. The summed E-state index contributed by atoms with van der Waals surface area (Å²) >= 11 is 0. The molecule has 0 fully saturated rings. The molecule has 0 aliphatic heterocycles. The molecule has 0 aliphatic carbocycles. The van der Waals surface area contributed by atoms with Crippen LogP contribution in [0, 0.1) is 11.6 Å². The highest BCUT2D eigenvalue weighted by Gasteiger charge is 2.23. The van der Waals surface area contributed by atoms with Gasteiger partial charge in [0.1, 0.15) is 17.7 Å². The van der Waals surface area contributed by atoms with Gasteiger partial charge in [0.05, 0.1) is 11.7 Å². The number of carbonyl (C=O) groups excluding carboxylic acids is 1. The van der Waals surface area contributed by atoms with Crippen LogP contribution in [-0.2, 0) is 0 Å². The minimum absolute atomic E-state index is 0.159. The van der Waals surface area contributed by atoms with E-state index >= 15 is 0 Å². The van der Waals surface area contributed by atoms with Crippen molar-refractivity contribution in [2.24, 2.45) is 0 Å². The number of ketones is 1. The second-order valence-corrected chi connectivity index (χ2v) is 3.93. The molecule has 0 saturated carbocycles. The van der Waals surface area contributed by atoms with Gasteiger partial charge >= 0.3 is 0 Å². The van der Waals surface area contributed by atoms with Crippen molar-refractivity contribution in [3.05, 3.63) is 34.9 Å². The molecule has 3 N–H and O–H groups in total. The van der Waals surface area contributed by atoms with Crippen molar-refractivity contribution < 1.29 is 28.9 Å². The zero-order valence-electron chi connectivity index (χ0n) is 9.73. The third-order valence-corrected chi connectivity index (χ3v) is 2.57. The van der Waals surface area contributed by atoms with Gasteiger partial charge in [0, 0.05) is 18.2 Å². The van der Waals surface area contributed by atoms with Gasteiger partial charge in [0.25, 0.3) is 0 Å². The largest absolute Gasteiger partial charge is 0.396 e. The summed E-state index contributed by atoms with van der Waals surface area (Å²) in [5.41, 5.74) is -0.732. The Kier molecular flexibility index (Phi) is 4.89. The van der Waals surface area contributed by atoms with Crippen molar-refractivity contribution in [3.8, 4) is 0 Å². The number of halogens is 2. The molecule has 2 unspecified atom stereocenters. The number of Topliss-reactive ketones (excluding diaryl/α,β-unsaturated/α-hetero) is 1. The smallest absolute Gasteiger partial charge is 0.162 e. The van der Waals surface area contributed by atoms with Crippen LogP contribution in [0.3, 0.4) is 0 Å². The fraction of sp³-hybridized carbons (Fsp3) is 0.417. The third-order valence-electron chi connectivity index (χ3n) is 2.57. The highest BCUT2D eigenvalue weighted by atomic mass is 19.1. The molecule has 1 aromatic rings. The standard InChI is InChI=1S/C12H14F2O4/c1-6(16)7-4-8(10(14)5-9(7)13)12(18)11(17)2-3-15/h4-5,11-12,15,17-18H,2-3H2,1H3. The van der Waals surface area contributed by atoms with Gasteiger partial charge in [-0.3, -0.25) is 4.79 Å². The lowest BCUT2D eigenvalue weighted by atomic mass is 9.98. The van der Waals surface area contributed by atoms with Gasteiger partial charge in [-0.2, -0.15) is 0 Å². The predicted octanol–water partition coefficient (Wildman–Crippen LogP) is 0.944. The molecule has 0 aliphatic rings. The number of rotatable bonds is 5. The van der Waals surface area contributed by atoms with E-state index in [-0.39, 0.29) is 24.2 Å². The first-order valence-electron chi connectivity index (χ1n) is 5.35. The molecular formula is C12H14F2O4. The Labute approximate surface area is 102 Å². The Morgan fingerprint density at radius 2 is 1.89 bits per heavy atom. The zero-order chi connectivity index (χ0) is 13.9. The molecule has 1 rings (SSSR count). The fourth-order valence-electron chi connectivity index (χ4n) is 1.56. The highest BCUT2D eigenvalue weighted by molar-refractivity contribution is 5.94. The van der Waals surface area contributed by atoms with Gasteiger partial charge in [0.15, 0.2) is 5.78 Å². The van der Waals surface area contributed by atoms with E-state index < -0.39 is 29.6 Å². The zero-order valence-corrected chi connectivity index (χ0v) is 9.73. The molecule has 0 amide bonds. The van der Waals surface area contributed by atoms with Crippen LogP contribution in [0.25, 0.3) is 0 Å². The lowest BCUT2D eigenvalue weighted by Gasteiger charge is -2.18. The van der Waals surface area contributed by atoms with Crippen molar-refractivity contribution in [2.75, 3.05) is 6.61 Å². The van der Waals surface area contributed by atoms with Crippen LogP contribution in [0.15, 0.2) is 12.1 Å². The molecule has 6 heteroatoms. The van der Waals surface area contributed by atoms with Crippen LogP contribution in [-0.4, -0.2) is 33.8 Å². The first kappa shape index (κ1) is 14.7. The molecule has 0 radical (unpaired) electrons. The van der Waals surface area contributed by atoms with Crippen molar-refractivity contribution in [1.29, 1.82) is 0 Å². The molecule has 0 bridgehead atoms. The number of benzene rings is 1. The van der Waals surface area contributed by atoms with Crippen LogP contribution < -0.4 is 0 Å². The van der Waals surface area contributed by atoms with Crippen molar-refractivity contribution in [1.82, 2.24) is 0 Å². The topological polar surface area (TPSA) is 77.8 Å². The van der Waals surface area contributed by atoms with Crippen LogP contribution >= 0.6 is 0 Å². The van der Waals surface area contributed by atoms with Crippen LogP contribution in [0.2, 0.25) is 0 Å². The summed E-state index contributed by atoms with van der Waals surface area (Å²) in [7, 11) is 0. The molecule has 4 nitrogen and oxygen atoms in total. The monoisotopic (exact) mass is 260 g/mol.